The van der Waals surface area contributed by atoms with Crippen molar-refractivity contribution in [2.45, 2.75) is 49.1 Å². The number of carbonyl (C=O) groups is 2. The molecule has 0 aromatic heterocycles. The highest BCUT2D eigenvalue weighted by Gasteiger charge is 2.24. The number of methoxy groups -OCH3 is 1. The number of hydrogen-bond acceptors (Lipinski definition) is 6. The third-order valence-corrected chi connectivity index (χ3v) is 7.13. The van der Waals surface area contributed by atoms with E-state index in [0.717, 1.165) is 12.0 Å². The lowest BCUT2D eigenvalue weighted by molar-refractivity contribution is 0.0951. The molecule has 2 atom stereocenters. The largest absolute Gasteiger partial charge is 0.496 e. The zero-order chi connectivity index (χ0) is 24.7. The van der Waals surface area contributed by atoms with Crippen LogP contribution in [0.25, 0.3) is 0 Å². The second-order valence-electron chi connectivity index (χ2n) is 8.09. The molecule has 1 aliphatic rings. The van der Waals surface area contributed by atoms with E-state index in [1.807, 2.05) is 4.72 Å². The van der Waals surface area contributed by atoms with Crippen molar-refractivity contribution in [1.29, 1.82) is 0 Å². The first-order valence-corrected chi connectivity index (χ1v) is 12.8. The predicted molar refractivity (Wildman–Crippen MR) is 128 cm³/mol. The van der Waals surface area contributed by atoms with Crippen LogP contribution < -0.4 is 20.1 Å². The molecular formula is C23H28ClN3O6S. The van der Waals surface area contributed by atoms with E-state index in [-0.39, 0.29) is 16.8 Å². The van der Waals surface area contributed by atoms with Crippen molar-refractivity contribution in [3.05, 3.63) is 58.6 Å². The van der Waals surface area contributed by atoms with Crippen LogP contribution in [0.1, 0.15) is 41.6 Å². The molecule has 11 heteroatoms. The van der Waals surface area contributed by atoms with Gasteiger partial charge in [0.2, 0.25) is 0 Å². The van der Waals surface area contributed by atoms with Crippen molar-refractivity contribution in [2.24, 2.45) is 0 Å². The number of rotatable bonds is 8. The van der Waals surface area contributed by atoms with E-state index in [0.29, 0.717) is 48.6 Å². The molecule has 1 saturated carbocycles. The van der Waals surface area contributed by atoms with Gasteiger partial charge in [-0.2, -0.15) is 0 Å². The number of amides is 3. The molecule has 0 bridgehead atoms. The number of sulfonamides is 1. The van der Waals surface area contributed by atoms with Gasteiger partial charge in [0.15, 0.2) is 0 Å². The van der Waals surface area contributed by atoms with Crippen molar-refractivity contribution in [2.75, 3.05) is 13.7 Å². The fourth-order valence-electron chi connectivity index (χ4n) is 3.80. The molecule has 2 aromatic carbocycles. The third kappa shape index (κ3) is 7.09. The van der Waals surface area contributed by atoms with E-state index in [1.54, 1.807) is 24.3 Å². The number of halogens is 1. The standard InChI is InChI=1S/C23H28ClN3O6S/c1-33-21-10-7-16(24)13-20(21)22(29)25-12-11-15-5-8-19(9-6-15)34(31,32)27-23(30)26-17-3-2-4-18(28)14-17/h5-10,13,17-18,28H,2-4,11-12,14H2,1H3,(H,25,29)(H2,26,27,30). The maximum absolute atomic E-state index is 12.5. The Bertz CT molecular complexity index is 1120. The van der Waals surface area contributed by atoms with E-state index in [1.165, 1.54) is 25.3 Å². The maximum Gasteiger partial charge on any atom is 0.328 e. The number of aliphatic hydroxyl groups is 1. The van der Waals surface area contributed by atoms with E-state index < -0.39 is 22.2 Å². The summed E-state index contributed by atoms with van der Waals surface area (Å²) in [6, 6.07) is 9.73. The number of carbonyl (C=O) groups excluding carboxylic acids is 2. The normalized spacial score (nSPS) is 18.1. The number of aliphatic hydroxyl groups excluding tert-OH is 1. The summed E-state index contributed by atoms with van der Waals surface area (Å²) in [5.74, 6) is 0.0758. The summed E-state index contributed by atoms with van der Waals surface area (Å²) in [5.41, 5.74) is 1.13. The molecule has 0 radical (unpaired) electrons. The molecule has 2 aromatic rings. The van der Waals surface area contributed by atoms with Crippen LogP contribution in [-0.2, 0) is 16.4 Å². The summed E-state index contributed by atoms with van der Waals surface area (Å²) >= 11 is 5.96. The van der Waals surface area contributed by atoms with Crippen molar-refractivity contribution >= 4 is 33.6 Å². The maximum atomic E-state index is 12.5. The minimum absolute atomic E-state index is 0.0530. The van der Waals surface area contributed by atoms with Gasteiger partial charge >= 0.3 is 6.03 Å². The monoisotopic (exact) mass is 509 g/mol. The topological polar surface area (TPSA) is 134 Å². The quantitative estimate of drug-likeness (QED) is 0.432. The van der Waals surface area contributed by atoms with Crippen LogP contribution in [0.5, 0.6) is 5.75 Å². The summed E-state index contributed by atoms with van der Waals surface area (Å²) in [5, 5.41) is 15.5. The van der Waals surface area contributed by atoms with E-state index in [4.69, 9.17) is 16.3 Å². The lowest BCUT2D eigenvalue weighted by Crippen LogP contribution is -2.46. The fourth-order valence-corrected chi connectivity index (χ4v) is 4.89. The first-order chi connectivity index (χ1) is 16.2. The molecule has 1 aliphatic carbocycles. The van der Waals surface area contributed by atoms with Crippen LogP contribution in [0.4, 0.5) is 4.79 Å². The molecule has 0 spiro atoms. The van der Waals surface area contributed by atoms with Gasteiger partial charge in [-0.3, -0.25) is 4.79 Å². The number of hydrogen-bond donors (Lipinski definition) is 4. The Morgan fingerprint density at radius 2 is 1.88 bits per heavy atom. The minimum Gasteiger partial charge on any atom is -0.496 e. The molecule has 1 fully saturated rings. The molecule has 9 nitrogen and oxygen atoms in total. The van der Waals surface area contributed by atoms with Crippen LogP contribution in [0, 0.1) is 0 Å². The first kappa shape index (κ1) is 25.8. The van der Waals surface area contributed by atoms with Crippen molar-refractivity contribution in [3.8, 4) is 5.75 Å². The molecule has 3 rings (SSSR count). The summed E-state index contributed by atoms with van der Waals surface area (Å²) in [7, 11) is -2.58. The lowest BCUT2D eigenvalue weighted by Gasteiger charge is -2.26. The SMILES string of the molecule is COc1ccc(Cl)cc1C(=O)NCCc1ccc(S(=O)(=O)NC(=O)NC2CCCC(O)C2)cc1. The molecule has 3 amide bonds. The van der Waals surface area contributed by atoms with Crippen LogP contribution >= 0.6 is 11.6 Å². The Balaban J connectivity index is 1.51. The summed E-state index contributed by atoms with van der Waals surface area (Å²) < 4.78 is 32.2. The van der Waals surface area contributed by atoms with Crippen molar-refractivity contribution in [3.63, 3.8) is 0 Å². The predicted octanol–water partition coefficient (Wildman–Crippen LogP) is 2.61. The van der Waals surface area contributed by atoms with Gasteiger partial charge in [0.05, 0.1) is 23.7 Å². The van der Waals surface area contributed by atoms with Crippen LogP contribution in [0.15, 0.2) is 47.4 Å². The minimum atomic E-state index is -4.04. The molecule has 0 heterocycles. The van der Waals surface area contributed by atoms with Crippen LogP contribution in [-0.4, -0.2) is 51.3 Å². The van der Waals surface area contributed by atoms with Gasteiger partial charge in [-0.25, -0.2) is 17.9 Å². The Kier molecular flexibility index (Phi) is 8.76. The van der Waals surface area contributed by atoms with Gasteiger partial charge in [-0.05, 0) is 68.0 Å². The van der Waals surface area contributed by atoms with Gasteiger partial charge < -0.3 is 20.5 Å². The van der Waals surface area contributed by atoms with Gasteiger partial charge in [0.25, 0.3) is 15.9 Å². The fraction of sp³-hybridized carbons (Fsp3) is 0.391. The number of nitrogens with one attached hydrogen (secondary N) is 3. The summed E-state index contributed by atoms with van der Waals surface area (Å²) in [6.45, 7) is 0.314. The zero-order valence-electron chi connectivity index (χ0n) is 18.7. The van der Waals surface area contributed by atoms with E-state index in [9.17, 15) is 23.1 Å². The number of urea groups is 1. The van der Waals surface area contributed by atoms with Gasteiger partial charge in [-0.1, -0.05) is 23.7 Å². The Morgan fingerprint density at radius 3 is 2.56 bits per heavy atom. The Labute approximate surface area is 203 Å². The van der Waals surface area contributed by atoms with Gasteiger partial charge in [0, 0.05) is 17.6 Å². The highest BCUT2D eigenvalue weighted by molar-refractivity contribution is 7.90. The third-order valence-electron chi connectivity index (χ3n) is 5.55. The number of ether oxygens (including phenoxy) is 1. The molecule has 0 aliphatic heterocycles. The number of benzene rings is 2. The second kappa shape index (κ2) is 11.5. The second-order valence-corrected chi connectivity index (χ2v) is 10.2. The Hall–Kier alpha value is -2.82. The average molecular weight is 510 g/mol. The first-order valence-electron chi connectivity index (χ1n) is 10.9. The Morgan fingerprint density at radius 1 is 1.15 bits per heavy atom. The van der Waals surface area contributed by atoms with Gasteiger partial charge in [-0.15, -0.1) is 0 Å². The molecule has 184 valence electrons. The van der Waals surface area contributed by atoms with Crippen molar-refractivity contribution < 1.29 is 27.9 Å². The van der Waals surface area contributed by atoms with Crippen molar-refractivity contribution in [1.82, 2.24) is 15.4 Å². The average Bonchev–Trinajstić information content (AvgIpc) is 2.79. The molecule has 2 unspecified atom stereocenters. The molecular weight excluding hydrogens is 482 g/mol. The molecule has 34 heavy (non-hydrogen) atoms. The van der Waals surface area contributed by atoms with E-state index in [2.05, 4.69) is 10.6 Å². The summed E-state index contributed by atoms with van der Waals surface area (Å²) in [6.07, 6.45) is 2.53. The highest BCUT2D eigenvalue weighted by atomic mass is 35.5. The molecule has 0 saturated heterocycles. The summed E-state index contributed by atoms with van der Waals surface area (Å²) in [4.78, 5) is 24.5. The lowest BCUT2D eigenvalue weighted by atomic mass is 9.93. The highest BCUT2D eigenvalue weighted by Crippen LogP contribution is 2.22. The molecule has 4 N–H and O–H groups in total. The van der Waals surface area contributed by atoms with Crippen LogP contribution in [0.2, 0.25) is 5.02 Å². The smallest absolute Gasteiger partial charge is 0.328 e. The van der Waals surface area contributed by atoms with Crippen LogP contribution in [0.3, 0.4) is 0 Å². The zero-order valence-corrected chi connectivity index (χ0v) is 20.3. The van der Waals surface area contributed by atoms with E-state index >= 15 is 0 Å². The van der Waals surface area contributed by atoms with Gasteiger partial charge in [0.1, 0.15) is 5.75 Å².